The summed E-state index contributed by atoms with van der Waals surface area (Å²) in [5.74, 6) is 0.137. The Morgan fingerprint density at radius 3 is 2.91 bits per heavy atom. The van der Waals surface area contributed by atoms with Crippen LogP contribution in [-0.2, 0) is 11.3 Å². The highest BCUT2D eigenvalue weighted by Crippen LogP contribution is 2.24. The molecule has 1 aromatic carbocycles. The van der Waals surface area contributed by atoms with Gasteiger partial charge in [0.15, 0.2) is 5.16 Å². The van der Waals surface area contributed by atoms with Crippen LogP contribution in [0.1, 0.15) is 6.92 Å². The lowest BCUT2D eigenvalue weighted by Crippen LogP contribution is -2.24. The third kappa shape index (κ3) is 2.37. The normalized spacial score (nSPS) is 11.2. The first kappa shape index (κ1) is 14.6. The predicted molar refractivity (Wildman–Crippen MR) is 88.3 cm³/mol. The van der Waals surface area contributed by atoms with Crippen LogP contribution in [-0.4, -0.2) is 33.2 Å². The standard InChI is InChI=1S/C15H16N4O2S/c1-3-19-14(21)13-12(9-6-4-5-7-10(9)17-13)18-15(19)22-8-11(20)16-2/h4-7,17H,3,8H2,1-2H3,(H,16,20). The zero-order valence-electron chi connectivity index (χ0n) is 12.3. The van der Waals surface area contributed by atoms with Crippen molar-refractivity contribution < 1.29 is 4.79 Å². The zero-order chi connectivity index (χ0) is 15.7. The van der Waals surface area contributed by atoms with Crippen LogP contribution in [0.5, 0.6) is 0 Å². The summed E-state index contributed by atoms with van der Waals surface area (Å²) in [6.45, 7) is 2.40. The van der Waals surface area contributed by atoms with Crippen molar-refractivity contribution in [3.63, 3.8) is 0 Å². The number of rotatable bonds is 4. The van der Waals surface area contributed by atoms with Gasteiger partial charge in [0, 0.05) is 24.5 Å². The number of para-hydroxylation sites is 1. The van der Waals surface area contributed by atoms with Crippen LogP contribution in [0, 0.1) is 0 Å². The van der Waals surface area contributed by atoms with Crippen LogP contribution in [0.3, 0.4) is 0 Å². The Hall–Kier alpha value is -2.28. The van der Waals surface area contributed by atoms with E-state index in [9.17, 15) is 9.59 Å². The van der Waals surface area contributed by atoms with Gasteiger partial charge >= 0.3 is 0 Å². The van der Waals surface area contributed by atoms with E-state index in [2.05, 4.69) is 15.3 Å². The molecule has 0 bridgehead atoms. The minimum Gasteiger partial charge on any atom is -0.358 e. The van der Waals surface area contributed by atoms with Gasteiger partial charge in [-0.1, -0.05) is 30.0 Å². The van der Waals surface area contributed by atoms with Crippen molar-refractivity contribution in [1.29, 1.82) is 0 Å². The second kappa shape index (κ2) is 5.84. The number of carbonyl (C=O) groups is 1. The Balaban J connectivity index is 2.20. The smallest absolute Gasteiger partial charge is 0.278 e. The van der Waals surface area contributed by atoms with Crippen LogP contribution in [0.25, 0.3) is 21.9 Å². The Kier molecular flexibility index (Phi) is 3.89. The molecule has 2 heterocycles. The lowest BCUT2D eigenvalue weighted by Gasteiger charge is -2.09. The number of carbonyl (C=O) groups excluding carboxylic acids is 1. The fourth-order valence-electron chi connectivity index (χ4n) is 2.37. The second-order valence-corrected chi connectivity index (χ2v) is 5.74. The van der Waals surface area contributed by atoms with Gasteiger partial charge in [-0.15, -0.1) is 0 Å². The SMILES string of the molecule is CCn1c(SCC(=O)NC)nc2c([nH]c3ccccc32)c1=O. The molecule has 6 nitrogen and oxygen atoms in total. The summed E-state index contributed by atoms with van der Waals surface area (Å²) >= 11 is 1.27. The molecular weight excluding hydrogens is 300 g/mol. The average molecular weight is 316 g/mol. The maximum Gasteiger partial charge on any atom is 0.278 e. The molecule has 1 amide bonds. The molecule has 0 spiro atoms. The number of aromatic amines is 1. The molecule has 2 N–H and O–H groups in total. The lowest BCUT2D eigenvalue weighted by molar-refractivity contribution is -0.118. The number of fused-ring (bicyclic) bond motifs is 3. The van der Waals surface area contributed by atoms with Crippen molar-refractivity contribution in [1.82, 2.24) is 19.9 Å². The lowest BCUT2D eigenvalue weighted by atomic mass is 10.2. The van der Waals surface area contributed by atoms with E-state index in [4.69, 9.17) is 0 Å². The van der Waals surface area contributed by atoms with Gasteiger partial charge in [-0.2, -0.15) is 0 Å². The molecule has 0 aliphatic carbocycles. The van der Waals surface area contributed by atoms with E-state index in [1.807, 2.05) is 31.2 Å². The van der Waals surface area contributed by atoms with Crippen molar-refractivity contribution in [3.8, 4) is 0 Å². The van der Waals surface area contributed by atoms with E-state index in [-0.39, 0.29) is 17.2 Å². The first-order valence-corrected chi connectivity index (χ1v) is 7.99. The Morgan fingerprint density at radius 1 is 1.41 bits per heavy atom. The summed E-state index contributed by atoms with van der Waals surface area (Å²) in [6, 6.07) is 7.69. The molecule has 3 aromatic rings. The Labute approximate surface area is 130 Å². The van der Waals surface area contributed by atoms with Gasteiger partial charge in [-0.3, -0.25) is 14.2 Å². The molecule has 0 unspecified atom stereocenters. The van der Waals surface area contributed by atoms with E-state index >= 15 is 0 Å². The quantitative estimate of drug-likeness (QED) is 0.567. The fraction of sp³-hybridized carbons (Fsp3) is 0.267. The number of nitrogens with one attached hydrogen (secondary N) is 2. The van der Waals surface area contributed by atoms with Gasteiger partial charge in [-0.05, 0) is 13.0 Å². The molecule has 0 saturated heterocycles. The van der Waals surface area contributed by atoms with Gasteiger partial charge in [0.25, 0.3) is 5.56 Å². The van der Waals surface area contributed by atoms with Gasteiger partial charge < -0.3 is 10.3 Å². The summed E-state index contributed by atoms with van der Waals surface area (Å²) in [5.41, 5.74) is 1.94. The van der Waals surface area contributed by atoms with Crippen molar-refractivity contribution in [3.05, 3.63) is 34.6 Å². The molecule has 2 aromatic heterocycles. The van der Waals surface area contributed by atoms with E-state index in [1.54, 1.807) is 11.6 Å². The number of hydrogen-bond acceptors (Lipinski definition) is 4. The number of H-pyrrole nitrogens is 1. The maximum atomic E-state index is 12.6. The second-order valence-electron chi connectivity index (χ2n) is 4.80. The number of nitrogens with zero attached hydrogens (tertiary/aromatic N) is 2. The molecule has 0 fully saturated rings. The summed E-state index contributed by atoms with van der Waals surface area (Å²) < 4.78 is 1.59. The number of benzene rings is 1. The minimum absolute atomic E-state index is 0.0964. The number of hydrogen-bond donors (Lipinski definition) is 2. The monoisotopic (exact) mass is 316 g/mol. The summed E-state index contributed by atoms with van der Waals surface area (Å²) in [5, 5.41) is 4.05. The summed E-state index contributed by atoms with van der Waals surface area (Å²) in [6.07, 6.45) is 0. The maximum absolute atomic E-state index is 12.6. The molecule has 3 rings (SSSR count). The third-order valence-electron chi connectivity index (χ3n) is 3.50. The Morgan fingerprint density at radius 2 is 2.18 bits per heavy atom. The topological polar surface area (TPSA) is 79.8 Å². The van der Waals surface area contributed by atoms with E-state index in [0.29, 0.717) is 22.7 Å². The first-order chi connectivity index (χ1) is 10.7. The van der Waals surface area contributed by atoms with Crippen LogP contribution in [0.15, 0.2) is 34.2 Å². The fourth-order valence-corrected chi connectivity index (χ4v) is 3.30. The largest absolute Gasteiger partial charge is 0.358 e. The van der Waals surface area contributed by atoms with Crippen molar-refractivity contribution in [2.45, 2.75) is 18.6 Å². The highest BCUT2D eigenvalue weighted by molar-refractivity contribution is 7.99. The van der Waals surface area contributed by atoms with Crippen LogP contribution < -0.4 is 10.9 Å². The predicted octanol–water partition coefficient (Wildman–Crippen LogP) is 1.74. The summed E-state index contributed by atoms with van der Waals surface area (Å²) in [7, 11) is 1.59. The molecule has 0 atom stereocenters. The average Bonchev–Trinajstić information content (AvgIpc) is 2.92. The van der Waals surface area contributed by atoms with Gasteiger partial charge in [0.1, 0.15) is 11.0 Å². The molecule has 22 heavy (non-hydrogen) atoms. The van der Waals surface area contributed by atoms with Crippen molar-refractivity contribution >= 4 is 39.6 Å². The summed E-state index contributed by atoms with van der Waals surface area (Å²) in [4.78, 5) is 31.8. The van der Waals surface area contributed by atoms with E-state index in [0.717, 1.165) is 10.9 Å². The molecule has 114 valence electrons. The highest BCUT2D eigenvalue weighted by Gasteiger charge is 2.15. The van der Waals surface area contributed by atoms with Crippen LogP contribution in [0.2, 0.25) is 0 Å². The molecule has 7 heteroatoms. The zero-order valence-corrected chi connectivity index (χ0v) is 13.2. The molecule has 0 radical (unpaired) electrons. The minimum atomic E-state index is -0.108. The van der Waals surface area contributed by atoms with Crippen molar-refractivity contribution in [2.75, 3.05) is 12.8 Å². The molecule has 0 aliphatic rings. The van der Waals surface area contributed by atoms with Gasteiger partial charge in [0.05, 0.1) is 5.75 Å². The third-order valence-corrected chi connectivity index (χ3v) is 4.48. The molecular formula is C15H16N4O2S. The van der Waals surface area contributed by atoms with Gasteiger partial charge in [0.2, 0.25) is 5.91 Å². The van der Waals surface area contributed by atoms with Crippen molar-refractivity contribution in [2.24, 2.45) is 0 Å². The van der Waals surface area contributed by atoms with Gasteiger partial charge in [-0.25, -0.2) is 4.98 Å². The highest BCUT2D eigenvalue weighted by atomic mass is 32.2. The van der Waals surface area contributed by atoms with Crippen LogP contribution >= 0.6 is 11.8 Å². The van der Waals surface area contributed by atoms with E-state index < -0.39 is 0 Å². The van der Waals surface area contributed by atoms with Crippen LogP contribution in [0.4, 0.5) is 0 Å². The molecule has 0 saturated carbocycles. The molecule has 0 aliphatic heterocycles. The number of aromatic nitrogens is 3. The van der Waals surface area contributed by atoms with E-state index in [1.165, 1.54) is 11.8 Å². The number of thioether (sulfide) groups is 1. The Bertz CT molecular complexity index is 913. The number of amides is 1. The first-order valence-electron chi connectivity index (χ1n) is 7.00.